The topological polar surface area (TPSA) is 41.1 Å². The third-order valence-electron chi connectivity index (χ3n) is 3.50. The van der Waals surface area contributed by atoms with Gasteiger partial charge in [0.2, 0.25) is 5.95 Å². The van der Waals surface area contributed by atoms with E-state index in [1.807, 2.05) is 6.20 Å². The maximum atomic E-state index is 4.64. The summed E-state index contributed by atoms with van der Waals surface area (Å²) in [6.45, 7) is 14.8. The van der Waals surface area contributed by atoms with E-state index in [0.29, 0.717) is 5.92 Å². The zero-order valence-electron chi connectivity index (χ0n) is 14.1. The highest BCUT2D eigenvalue weighted by Gasteiger charge is 2.12. The Hall–Kier alpha value is -1.16. The summed E-state index contributed by atoms with van der Waals surface area (Å²) >= 11 is 0. The van der Waals surface area contributed by atoms with Crippen LogP contribution in [0.5, 0.6) is 0 Å². The minimum absolute atomic E-state index is 0.110. The summed E-state index contributed by atoms with van der Waals surface area (Å²) in [7, 11) is 2.06. The van der Waals surface area contributed by atoms with Crippen molar-refractivity contribution in [1.82, 2.24) is 15.3 Å². The van der Waals surface area contributed by atoms with E-state index in [2.05, 4.69) is 68.8 Å². The predicted octanol–water partition coefficient (Wildman–Crippen LogP) is 3.16. The molecule has 0 aliphatic carbocycles. The van der Waals surface area contributed by atoms with Crippen LogP contribution in [-0.4, -0.2) is 29.1 Å². The summed E-state index contributed by atoms with van der Waals surface area (Å²) in [5.41, 5.74) is 2.33. The van der Waals surface area contributed by atoms with Crippen LogP contribution in [-0.2, 0) is 6.54 Å². The van der Waals surface area contributed by atoms with Crippen molar-refractivity contribution in [3.63, 3.8) is 0 Å². The first kappa shape index (κ1) is 16.9. The van der Waals surface area contributed by atoms with Crippen LogP contribution in [0.1, 0.15) is 52.3 Å². The SMILES string of the molecule is CCC(C)CN(C)c1ncc(CNC(C)(C)C)c(C)n1. The predicted molar refractivity (Wildman–Crippen MR) is 86.1 cm³/mol. The zero-order chi connectivity index (χ0) is 15.3. The van der Waals surface area contributed by atoms with Crippen LogP contribution in [0.2, 0.25) is 0 Å². The second-order valence-corrected chi connectivity index (χ2v) is 6.78. The van der Waals surface area contributed by atoms with E-state index >= 15 is 0 Å². The maximum Gasteiger partial charge on any atom is 0.225 e. The molecule has 114 valence electrons. The van der Waals surface area contributed by atoms with Crippen LogP contribution < -0.4 is 10.2 Å². The van der Waals surface area contributed by atoms with E-state index in [1.54, 1.807) is 0 Å². The number of hydrogen-bond acceptors (Lipinski definition) is 4. The molecule has 0 saturated heterocycles. The van der Waals surface area contributed by atoms with Crippen molar-refractivity contribution in [3.8, 4) is 0 Å². The highest BCUT2D eigenvalue weighted by Crippen LogP contribution is 2.13. The van der Waals surface area contributed by atoms with Crippen LogP contribution >= 0.6 is 0 Å². The molecule has 1 atom stereocenters. The van der Waals surface area contributed by atoms with E-state index in [9.17, 15) is 0 Å². The standard InChI is InChI=1S/C16H30N4/c1-8-12(2)11-20(7)15-17-9-14(13(3)19-15)10-18-16(4,5)6/h9,12,18H,8,10-11H2,1-7H3. The highest BCUT2D eigenvalue weighted by atomic mass is 15.2. The summed E-state index contributed by atoms with van der Waals surface area (Å²) < 4.78 is 0. The van der Waals surface area contributed by atoms with Gasteiger partial charge in [0.15, 0.2) is 0 Å². The molecule has 0 bridgehead atoms. The van der Waals surface area contributed by atoms with E-state index in [4.69, 9.17) is 0 Å². The third-order valence-corrected chi connectivity index (χ3v) is 3.50. The Morgan fingerprint density at radius 3 is 2.50 bits per heavy atom. The van der Waals surface area contributed by atoms with Crippen molar-refractivity contribution in [2.45, 2.75) is 60.0 Å². The Bertz CT molecular complexity index is 423. The zero-order valence-corrected chi connectivity index (χ0v) is 14.1. The van der Waals surface area contributed by atoms with Crippen LogP contribution in [0.3, 0.4) is 0 Å². The van der Waals surface area contributed by atoms with Gasteiger partial charge in [-0.1, -0.05) is 20.3 Å². The molecule has 0 spiro atoms. The lowest BCUT2D eigenvalue weighted by Crippen LogP contribution is -2.35. The molecule has 0 fully saturated rings. The van der Waals surface area contributed by atoms with Crippen molar-refractivity contribution >= 4 is 5.95 Å². The quantitative estimate of drug-likeness (QED) is 0.868. The molecule has 1 rings (SSSR count). The van der Waals surface area contributed by atoms with Gasteiger partial charge in [0, 0.05) is 43.1 Å². The molecule has 1 aromatic heterocycles. The van der Waals surface area contributed by atoms with Crippen LogP contribution in [0.15, 0.2) is 6.20 Å². The molecule has 0 aromatic carbocycles. The molecule has 0 aliphatic heterocycles. The number of nitrogens with one attached hydrogen (secondary N) is 1. The van der Waals surface area contributed by atoms with Gasteiger partial charge in [-0.3, -0.25) is 0 Å². The molecule has 20 heavy (non-hydrogen) atoms. The van der Waals surface area contributed by atoms with E-state index in [1.165, 1.54) is 12.0 Å². The molecule has 1 heterocycles. The van der Waals surface area contributed by atoms with Gasteiger partial charge in [0.05, 0.1) is 0 Å². The summed E-state index contributed by atoms with van der Waals surface area (Å²) in [6, 6.07) is 0. The number of aromatic nitrogens is 2. The van der Waals surface area contributed by atoms with Gasteiger partial charge in [-0.25, -0.2) is 9.97 Å². The summed E-state index contributed by atoms with van der Waals surface area (Å²) in [5.74, 6) is 1.48. The summed E-state index contributed by atoms with van der Waals surface area (Å²) in [5, 5.41) is 3.48. The number of hydrogen-bond donors (Lipinski definition) is 1. The Morgan fingerprint density at radius 1 is 1.35 bits per heavy atom. The van der Waals surface area contributed by atoms with E-state index < -0.39 is 0 Å². The average molecular weight is 278 g/mol. The molecular formula is C16H30N4. The summed E-state index contributed by atoms with van der Waals surface area (Å²) in [6.07, 6.45) is 3.13. The Labute approximate surface area is 124 Å². The fourth-order valence-electron chi connectivity index (χ4n) is 1.88. The van der Waals surface area contributed by atoms with Crippen LogP contribution in [0.25, 0.3) is 0 Å². The molecule has 1 unspecified atom stereocenters. The lowest BCUT2D eigenvalue weighted by Gasteiger charge is -2.23. The fourth-order valence-corrected chi connectivity index (χ4v) is 1.88. The van der Waals surface area contributed by atoms with Crippen molar-refractivity contribution in [3.05, 3.63) is 17.5 Å². The molecule has 4 heteroatoms. The van der Waals surface area contributed by atoms with E-state index in [0.717, 1.165) is 24.7 Å². The number of anilines is 1. The molecule has 1 aromatic rings. The second-order valence-electron chi connectivity index (χ2n) is 6.78. The first-order valence-corrected chi connectivity index (χ1v) is 7.51. The normalized spacial score (nSPS) is 13.3. The number of nitrogens with zero attached hydrogens (tertiary/aromatic N) is 3. The monoisotopic (exact) mass is 278 g/mol. The molecule has 4 nitrogen and oxygen atoms in total. The minimum Gasteiger partial charge on any atom is -0.344 e. The van der Waals surface area contributed by atoms with Gasteiger partial charge in [0.25, 0.3) is 0 Å². The molecule has 0 radical (unpaired) electrons. The first-order valence-electron chi connectivity index (χ1n) is 7.51. The van der Waals surface area contributed by atoms with Crippen LogP contribution in [0, 0.1) is 12.8 Å². The smallest absolute Gasteiger partial charge is 0.225 e. The highest BCUT2D eigenvalue weighted by molar-refractivity contribution is 5.31. The summed E-state index contributed by atoms with van der Waals surface area (Å²) in [4.78, 5) is 11.3. The molecule has 0 amide bonds. The number of rotatable bonds is 6. The van der Waals surface area contributed by atoms with Gasteiger partial charge in [-0.15, -0.1) is 0 Å². The Balaban J connectivity index is 2.72. The molecular weight excluding hydrogens is 248 g/mol. The van der Waals surface area contributed by atoms with Crippen molar-refractivity contribution < 1.29 is 0 Å². The average Bonchev–Trinajstić information content (AvgIpc) is 2.35. The largest absolute Gasteiger partial charge is 0.344 e. The van der Waals surface area contributed by atoms with Gasteiger partial charge in [-0.05, 0) is 33.6 Å². The van der Waals surface area contributed by atoms with Gasteiger partial charge in [-0.2, -0.15) is 0 Å². The second kappa shape index (κ2) is 7.02. The fraction of sp³-hybridized carbons (Fsp3) is 0.750. The lowest BCUT2D eigenvalue weighted by atomic mass is 10.1. The van der Waals surface area contributed by atoms with Crippen molar-refractivity contribution in [2.75, 3.05) is 18.5 Å². The third kappa shape index (κ3) is 5.45. The van der Waals surface area contributed by atoms with E-state index in [-0.39, 0.29) is 5.54 Å². The Kier molecular flexibility index (Phi) is 5.93. The van der Waals surface area contributed by atoms with Crippen molar-refractivity contribution in [1.29, 1.82) is 0 Å². The van der Waals surface area contributed by atoms with Gasteiger partial charge in [0.1, 0.15) is 0 Å². The van der Waals surface area contributed by atoms with Crippen LogP contribution in [0.4, 0.5) is 5.95 Å². The maximum absolute atomic E-state index is 4.64. The molecule has 1 N–H and O–H groups in total. The van der Waals surface area contributed by atoms with Crippen molar-refractivity contribution in [2.24, 2.45) is 5.92 Å². The number of aryl methyl sites for hydroxylation is 1. The van der Waals surface area contributed by atoms with Gasteiger partial charge < -0.3 is 10.2 Å². The Morgan fingerprint density at radius 2 is 2.00 bits per heavy atom. The lowest BCUT2D eigenvalue weighted by molar-refractivity contribution is 0.423. The first-order chi connectivity index (χ1) is 9.23. The minimum atomic E-state index is 0.110. The molecule has 0 saturated carbocycles. The van der Waals surface area contributed by atoms with Gasteiger partial charge >= 0.3 is 0 Å². The molecule has 0 aliphatic rings.